The number of benzene rings is 1. The molecule has 0 aromatic heterocycles. The van der Waals surface area contributed by atoms with Gasteiger partial charge in [-0.25, -0.2) is 0 Å². The summed E-state index contributed by atoms with van der Waals surface area (Å²) in [5.74, 6) is 0.469. The van der Waals surface area contributed by atoms with Crippen molar-refractivity contribution >= 4 is 17.5 Å². The molecule has 0 radical (unpaired) electrons. The van der Waals surface area contributed by atoms with Crippen molar-refractivity contribution in [1.29, 1.82) is 0 Å². The van der Waals surface area contributed by atoms with Crippen molar-refractivity contribution in [2.75, 3.05) is 13.7 Å². The standard InChI is InChI=1S/C14H20ClNO3/c1-9(6-10(2)17)8-16-14(18)12-7-11(15)4-5-13(12)19-3/h4-5,7,9-10,17H,6,8H2,1-3H3,(H,16,18). The molecule has 0 fully saturated rings. The van der Waals surface area contributed by atoms with E-state index in [1.165, 1.54) is 7.11 Å². The second-order valence-corrected chi connectivity index (χ2v) is 5.18. The second-order valence-electron chi connectivity index (χ2n) is 4.74. The van der Waals surface area contributed by atoms with E-state index in [9.17, 15) is 9.90 Å². The minimum Gasteiger partial charge on any atom is -0.496 e. The molecule has 1 aromatic rings. The third-order valence-corrected chi connectivity index (χ3v) is 3.00. The zero-order valence-corrected chi connectivity index (χ0v) is 12.2. The molecule has 5 heteroatoms. The first-order valence-corrected chi connectivity index (χ1v) is 6.61. The molecule has 19 heavy (non-hydrogen) atoms. The zero-order valence-electron chi connectivity index (χ0n) is 11.4. The van der Waals surface area contributed by atoms with Crippen LogP contribution in [0.5, 0.6) is 5.75 Å². The summed E-state index contributed by atoms with van der Waals surface area (Å²) in [6.45, 7) is 4.21. The van der Waals surface area contributed by atoms with Gasteiger partial charge in [0.2, 0.25) is 0 Å². The first-order valence-electron chi connectivity index (χ1n) is 6.23. The van der Waals surface area contributed by atoms with Crippen molar-refractivity contribution in [1.82, 2.24) is 5.32 Å². The van der Waals surface area contributed by atoms with Crippen LogP contribution in [0.1, 0.15) is 30.6 Å². The van der Waals surface area contributed by atoms with Crippen molar-refractivity contribution in [3.05, 3.63) is 28.8 Å². The molecule has 0 heterocycles. The van der Waals surface area contributed by atoms with Gasteiger partial charge in [-0.2, -0.15) is 0 Å². The number of carbonyl (C=O) groups excluding carboxylic acids is 1. The van der Waals surface area contributed by atoms with Crippen molar-refractivity contribution < 1.29 is 14.6 Å². The van der Waals surface area contributed by atoms with E-state index in [-0.39, 0.29) is 17.9 Å². The van der Waals surface area contributed by atoms with Crippen LogP contribution in [-0.2, 0) is 0 Å². The Labute approximate surface area is 118 Å². The van der Waals surface area contributed by atoms with Crippen LogP contribution in [0.2, 0.25) is 5.02 Å². The lowest BCUT2D eigenvalue weighted by atomic mass is 10.0. The Morgan fingerprint density at radius 3 is 2.74 bits per heavy atom. The highest BCUT2D eigenvalue weighted by molar-refractivity contribution is 6.31. The molecular weight excluding hydrogens is 266 g/mol. The van der Waals surface area contributed by atoms with Gasteiger partial charge in [0.1, 0.15) is 5.75 Å². The number of aliphatic hydroxyl groups is 1. The Morgan fingerprint density at radius 1 is 1.47 bits per heavy atom. The fourth-order valence-electron chi connectivity index (χ4n) is 1.89. The van der Waals surface area contributed by atoms with Crippen molar-refractivity contribution in [3.8, 4) is 5.75 Å². The van der Waals surface area contributed by atoms with Crippen LogP contribution in [0, 0.1) is 5.92 Å². The SMILES string of the molecule is COc1ccc(Cl)cc1C(=O)NCC(C)CC(C)O. The Bertz CT molecular complexity index is 435. The fourth-order valence-corrected chi connectivity index (χ4v) is 2.06. The average molecular weight is 286 g/mol. The molecule has 1 rings (SSSR count). The van der Waals surface area contributed by atoms with E-state index >= 15 is 0 Å². The molecule has 2 N–H and O–H groups in total. The maximum Gasteiger partial charge on any atom is 0.255 e. The second kappa shape index (κ2) is 7.36. The van der Waals surface area contributed by atoms with Gasteiger partial charge in [0.25, 0.3) is 5.91 Å². The van der Waals surface area contributed by atoms with E-state index in [4.69, 9.17) is 16.3 Å². The topological polar surface area (TPSA) is 58.6 Å². The van der Waals surface area contributed by atoms with Crippen LogP contribution in [0.25, 0.3) is 0 Å². The molecule has 0 bridgehead atoms. The highest BCUT2D eigenvalue weighted by Crippen LogP contribution is 2.22. The van der Waals surface area contributed by atoms with E-state index < -0.39 is 0 Å². The van der Waals surface area contributed by atoms with Crippen molar-refractivity contribution in [2.45, 2.75) is 26.4 Å². The van der Waals surface area contributed by atoms with Crippen LogP contribution in [0.15, 0.2) is 18.2 Å². The quantitative estimate of drug-likeness (QED) is 0.844. The van der Waals surface area contributed by atoms with Crippen molar-refractivity contribution in [3.63, 3.8) is 0 Å². The Kier molecular flexibility index (Phi) is 6.12. The zero-order chi connectivity index (χ0) is 14.4. The predicted octanol–water partition coefficient (Wildman–Crippen LogP) is 2.49. The third kappa shape index (κ3) is 5.09. The first kappa shape index (κ1) is 15.8. The molecule has 0 spiro atoms. The monoisotopic (exact) mass is 285 g/mol. The van der Waals surface area contributed by atoms with Gasteiger partial charge < -0.3 is 15.2 Å². The van der Waals surface area contributed by atoms with Gasteiger partial charge in [0, 0.05) is 11.6 Å². The molecule has 0 aliphatic heterocycles. The highest BCUT2D eigenvalue weighted by atomic mass is 35.5. The van der Waals surface area contributed by atoms with Crippen molar-refractivity contribution in [2.24, 2.45) is 5.92 Å². The lowest BCUT2D eigenvalue weighted by molar-refractivity contribution is 0.0936. The van der Waals surface area contributed by atoms with Crippen LogP contribution >= 0.6 is 11.6 Å². The number of nitrogens with one attached hydrogen (secondary N) is 1. The summed E-state index contributed by atoms with van der Waals surface area (Å²) in [5, 5.41) is 12.6. The number of hydrogen-bond donors (Lipinski definition) is 2. The highest BCUT2D eigenvalue weighted by Gasteiger charge is 2.14. The molecule has 1 aromatic carbocycles. The van der Waals surface area contributed by atoms with Gasteiger partial charge in [0.15, 0.2) is 0 Å². The molecule has 4 nitrogen and oxygen atoms in total. The lowest BCUT2D eigenvalue weighted by Crippen LogP contribution is -2.29. The summed E-state index contributed by atoms with van der Waals surface area (Å²) >= 11 is 5.88. The Balaban J connectivity index is 2.65. The summed E-state index contributed by atoms with van der Waals surface area (Å²) in [5.41, 5.74) is 0.416. The predicted molar refractivity (Wildman–Crippen MR) is 75.8 cm³/mol. The average Bonchev–Trinajstić information content (AvgIpc) is 2.35. The largest absolute Gasteiger partial charge is 0.496 e. The summed E-state index contributed by atoms with van der Waals surface area (Å²) in [6, 6.07) is 4.92. The van der Waals surface area contributed by atoms with E-state index in [2.05, 4.69) is 5.32 Å². The summed E-state index contributed by atoms with van der Waals surface area (Å²) in [4.78, 5) is 12.1. The maximum atomic E-state index is 12.1. The Hall–Kier alpha value is -1.26. The number of hydrogen-bond acceptors (Lipinski definition) is 3. The number of halogens is 1. The van der Waals surface area contributed by atoms with Gasteiger partial charge in [-0.1, -0.05) is 18.5 Å². The maximum absolute atomic E-state index is 12.1. The number of amides is 1. The van der Waals surface area contributed by atoms with E-state index in [0.29, 0.717) is 29.3 Å². The molecule has 1 amide bonds. The van der Waals surface area contributed by atoms with Gasteiger partial charge >= 0.3 is 0 Å². The molecule has 2 unspecified atom stereocenters. The summed E-state index contributed by atoms with van der Waals surface area (Å²) < 4.78 is 5.13. The Morgan fingerprint density at radius 2 is 2.16 bits per heavy atom. The first-order chi connectivity index (χ1) is 8.93. The minimum absolute atomic E-state index is 0.203. The van der Waals surface area contributed by atoms with Gasteiger partial charge in [-0.3, -0.25) is 4.79 Å². The molecule has 0 saturated heterocycles. The summed E-state index contributed by atoms with van der Waals surface area (Å²) in [7, 11) is 1.51. The number of ether oxygens (including phenoxy) is 1. The van der Waals surface area contributed by atoms with E-state index in [1.807, 2.05) is 6.92 Å². The number of carbonyl (C=O) groups is 1. The summed E-state index contributed by atoms with van der Waals surface area (Å²) in [6.07, 6.45) is 0.278. The fraction of sp³-hybridized carbons (Fsp3) is 0.500. The molecule has 2 atom stereocenters. The molecule has 0 saturated carbocycles. The van der Waals surface area contributed by atoms with Gasteiger partial charge in [-0.05, 0) is 37.5 Å². The van der Waals surface area contributed by atoms with Crippen LogP contribution in [0.4, 0.5) is 0 Å². The van der Waals surface area contributed by atoms with Gasteiger partial charge in [0.05, 0.1) is 18.8 Å². The normalized spacial score (nSPS) is 13.7. The smallest absolute Gasteiger partial charge is 0.255 e. The number of methoxy groups -OCH3 is 1. The van der Waals surface area contributed by atoms with Crippen LogP contribution in [0.3, 0.4) is 0 Å². The third-order valence-electron chi connectivity index (χ3n) is 2.76. The molecule has 0 aliphatic rings. The van der Waals surface area contributed by atoms with Gasteiger partial charge in [-0.15, -0.1) is 0 Å². The van der Waals surface area contributed by atoms with E-state index in [0.717, 1.165) is 0 Å². The lowest BCUT2D eigenvalue weighted by Gasteiger charge is -2.15. The van der Waals surface area contributed by atoms with Crippen LogP contribution < -0.4 is 10.1 Å². The number of aliphatic hydroxyl groups excluding tert-OH is 1. The number of rotatable bonds is 6. The molecule has 106 valence electrons. The minimum atomic E-state index is -0.368. The van der Waals surface area contributed by atoms with E-state index in [1.54, 1.807) is 25.1 Å². The van der Waals surface area contributed by atoms with Crippen LogP contribution in [-0.4, -0.2) is 30.8 Å². The molecular formula is C14H20ClNO3. The molecule has 0 aliphatic carbocycles.